The summed E-state index contributed by atoms with van der Waals surface area (Å²) in [7, 11) is 0. The standard InChI is InChI=1S/C23H23N3O4/c27-22(18-6-8-20(9-7-18)26-10-13-29-14-11-26)24-16-17-3-1-4-19(15-17)25-23(28)21-5-2-12-30-21/h1-9,12,15H,10-11,13-14,16H2,(H,24,27)(H,25,28). The second kappa shape index (κ2) is 9.28. The second-order valence-corrected chi connectivity index (χ2v) is 6.96. The molecule has 0 saturated carbocycles. The van der Waals surface area contributed by atoms with Crippen molar-refractivity contribution < 1.29 is 18.7 Å². The Morgan fingerprint density at radius 3 is 2.47 bits per heavy atom. The van der Waals surface area contributed by atoms with Gasteiger partial charge in [-0.25, -0.2) is 0 Å². The molecule has 2 aromatic carbocycles. The highest BCUT2D eigenvalue weighted by molar-refractivity contribution is 6.02. The molecule has 0 radical (unpaired) electrons. The fourth-order valence-electron chi connectivity index (χ4n) is 3.29. The number of hydrogen-bond donors (Lipinski definition) is 2. The lowest BCUT2D eigenvalue weighted by molar-refractivity contribution is 0.0949. The minimum Gasteiger partial charge on any atom is -0.459 e. The number of ether oxygens (including phenoxy) is 1. The summed E-state index contributed by atoms with van der Waals surface area (Å²) in [6.07, 6.45) is 1.45. The predicted octanol–water partition coefficient (Wildman–Crippen LogP) is 3.30. The first-order valence-electron chi connectivity index (χ1n) is 9.84. The largest absolute Gasteiger partial charge is 0.459 e. The van der Waals surface area contributed by atoms with E-state index in [-0.39, 0.29) is 17.6 Å². The number of benzene rings is 2. The number of furan rings is 1. The van der Waals surface area contributed by atoms with Crippen molar-refractivity contribution in [2.24, 2.45) is 0 Å². The average molecular weight is 405 g/mol. The molecular weight excluding hydrogens is 382 g/mol. The lowest BCUT2D eigenvalue weighted by Gasteiger charge is -2.28. The maximum atomic E-state index is 12.5. The Hall–Kier alpha value is -3.58. The molecule has 1 saturated heterocycles. The molecule has 4 rings (SSSR count). The number of nitrogens with one attached hydrogen (secondary N) is 2. The van der Waals surface area contributed by atoms with Crippen molar-refractivity contribution >= 4 is 23.2 Å². The van der Waals surface area contributed by atoms with Gasteiger partial charge in [-0.2, -0.15) is 0 Å². The van der Waals surface area contributed by atoms with Gasteiger partial charge < -0.3 is 24.7 Å². The van der Waals surface area contributed by atoms with E-state index in [4.69, 9.17) is 9.15 Å². The van der Waals surface area contributed by atoms with Crippen LogP contribution in [0, 0.1) is 0 Å². The molecule has 0 spiro atoms. The Morgan fingerprint density at radius 1 is 0.933 bits per heavy atom. The summed E-state index contributed by atoms with van der Waals surface area (Å²) in [6, 6.07) is 18.2. The van der Waals surface area contributed by atoms with Crippen molar-refractivity contribution in [1.82, 2.24) is 5.32 Å². The summed E-state index contributed by atoms with van der Waals surface area (Å²) in [5.41, 5.74) is 3.22. The molecule has 1 aromatic heterocycles. The molecule has 30 heavy (non-hydrogen) atoms. The highest BCUT2D eigenvalue weighted by Gasteiger charge is 2.13. The summed E-state index contributed by atoms with van der Waals surface area (Å²) in [6.45, 7) is 3.53. The van der Waals surface area contributed by atoms with E-state index in [0.29, 0.717) is 17.8 Å². The number of carbonyl (C=O) groups is 2. The highest BCUT2D eigenvalue weighted by atomic mass is 16.5. The van der Waals surface area contributed by atoms with Crippen LogP contribution < -0.4 is 15.5 Å². The lowest BCUT2D eigenvalue weighted by atomic mass is 10.1. The van der Waals surface area contributed by atoms with E-state index >= 15 is 0 Å². The van der Waals surface area contributed by atoms with E-state index in [1.807, 2.05) is 42.5 Å². The fraction of sp³-hybridized carbons (Fsp3) is 0.217. The van der Waals surface area contributed by atoms with Gasteiger partial charge in [0.05, 0.1) is 19.5 Å². The minimum atomic E-state index is -0.318. The first-order valence-corrected chi connectivity index (χ1v) is 9.84. The Kier molecular flexibility index (Phi) is 6.10. The van der Waals surface area contributed by atoms with Crippen LogP contribution >= 0.6 is 0 Å². The molecule has 1 fully saturated rings. The summed E-state index contributed by atoms with van der Waals surface area (Å²) in [5, 5.41) is 5.70. The van der Waals surface area contributed by atoms with Crippen molar-refractivity contribution in [3.8, 4) is 0 Å². The Morgan fingerprint density at radius 2 is 1.73 bits per heavy atom. The van der Waals surface area contributed by atoms with Gasteiger partial charge in [0, 0.05) is 36.6 Å². The van der Waals surface area contributed by atoms with Gasteiger partial charge in [-0.05, 0) is 54.1 Å². The van der Waals surface area contributed by atoms with Crippen LogP contribution in [-0.4, -0.2) is 38.1 Å². The first-order chi connectivity index (χ1) is 14.7. The van der Waals surface area contributed by atoms with E-state index in [1.54, 1.807) is 18.2 Å². The zero-order valence-electron chi connectivity index (χ0n) is 16.5. The van der Waals surface area contributed by atoms with Gasteiger partial charge in [0.1, 0.15) is 0 Å². The smallest absolute Gasteiger partial charge is 0.291 e. The van der Waals surface area contributed by atoms with E-state index in [9.17, 15) is 9.59 Å². The summed E-state index contributed by atoms with van der Waals surface area (Å²) < 4.78 is 10.5. The number of amides is 2. The van der Waals surface area contributed by atoms with Crippen molar-refractivity contribution in [3.63, 3.8) is 0 Å². The van der Waals surface area contributed by atoms with Crippen LogP contribution in [0.4, 0.5) is 11.4 Å². The topological polar surface area (TPSA) is 83.8 Å². The van der Waals surface area contributed by atoms with Gasteiger partial charge in [0.15, 0.2) is 5.76 Å². The molecule has 0 unspecified atom stereocenters. The molecule has 0 atom stereocenters. The maximum absolute atomic E-state index is 12.5. The van der Waals surface area contributed by atoms with Gasteiger partial charge >= 0.3 is 0 Å². The number of morpholine rings is 1. The van der Waals surface area contributed by atoms with Crippen LogP contribution in [0.1, 0.15) is 26.5 Å². The second-order valence-electron chi connectivity index (χ2n) is 6.96. The molecule has 2 heterocycles. The predicted molar refractivity (Wildman–Crippen MR) is 114 cm³/mol. The third-order valence-electron chi connectivity index (χ3n) is 4.89. The molecule has 0 aliphatic carbocycles. The molecule has 7 heteroatoms. The molecule has 1 aliphatic rings. The van der Waals surface area contributed by atoms with Gasteiger partial charge in [-0.15, -0.1) is 0 Å². The fourth-order valence-corrected chi connectivity index (χ4v) is 3.29. The maximum Gasteiger partial charge on any atom is 0.291 e. The normalized spacial score (nSPS) is 13.7. The van der Waals surface area contributed by atoms with E-state index in [1.165, 1.54) is 6.26 Å². The van der Waals surface area contributed by atoms with Crippen LogP contribution in [0.15, 0.2) is 71.3 Å². The molecule has 2 N–H and O–H groups in total. The zero-order valence-corrected chi connectivity index (χ0v) is 16.5. The SMILES string of the molecule is O=C(NCc1cccc(NC(=O)c2ccco2)c1)c1ccc(N2CCOCC2)cc1. The minimum absolute atomic E-state index is 0.145. The first kappa shape index (κ1) is 19.7. The number of nitrogens with zero attached hydrogens (tertiary/aromatic N) is 1. The summed E-state index contributed by atoms with van der Waals surface area (Å²) in [4.78, 5) is 26.8. The Labute approximate surface area is 174 Å². The number of rotatable bonds is 6. The van der Waals surface area contributed by atoms with Crippen molar-refractivity contribution in [2.45, 2.75) is 6.54 Å². The summed E-state index contributed by atoms with van der Waals surface area (Å²) >= 11 is 0. The van der Waals surface area contributed by atoms with Crippen molar-refractivity contribution in [1.29, 1.82) is 0 Å². The molecule has 3 aromatic rings. The Balaban J connectivity index is 1.33. The van der Waals surface area contributed by atoms with Gasteiger partial charge in [0.25, 0.3) is 11.8 Å². The lowest BCUT2D eigenvalue weighted by Crippen LogP contribution is -2.36. The van der Waals surface area contributed by atoms with Gasteiger partial charge in [0.2, 0.25) is 0 Å². The monoisotopic (exact) mass is 405 g/mol. The van der Waals surface area contributed by atoms with E-state index in [0.717, 1.165) is 37.6 Å². The third-order valence-corrected chi connectivity index (χ3v) is 4.89. The number of carbonyl (C=O) groups excluding carboxylic acids is 2. The van der Waals surface area contributed by atoms with Crippen LogP contribution in [0.5, 0.6) is 0 Å². The molecule has 2 amide bonds. The van der Waals surface area contributed by atoms with Crippen molar-refractivity contribution in [2.75, 3.05) is 36.5 Å². The summed E-state index contributed by atoms with van der Waals surface area (Å²) in [5.74, 6) is -0.218. The molecule has 0 bridgehead atoms. The van der Waals surface area contributed by atoms with Gasteiger partial charge in [-0.3, -0.25) is 9.59 Å². The molecule has 154 valence electrons. The van der Waals surface area contributed by atoms with Crippen LogP contribution in [-0.2, 0) is 11.3 Å². The van der Waals surface area contributed by atoms with Crippen LogP contribution in [0.25, 0.3) is 0 Å². The number of hydrogen-bond acceptors (Lipinski definition) is 5. The quantitative estimate of drug-likeness (QED) is 0.657. The van der Waals surface area contributed by atoms with Crippen molar-refractivity contribution in [3.05, 3.63) is 83.8 Å². The molecule has 1 aliphatic heterocycles. The highest BCUT2D eigenvalue weighted by Crippen LogP contribution is 2.17. The van der Waals surface area contributed by atoms with E-state index < -0.39 is 0 Å². The molecular formula is C23H23N3O4. The van der Waals surface area contributed by atoms with Gasteiger partial charge in [-0.1, -0.05) is 12.1 Å². The van der Waals surface area contributed by atoms with Crippen LogP contribution in [0.2, 0.25) is 0 Å². The van der Waals surface area contributed by atoms with E-state index in [2.05, 4.69) is 15.5 Å². The average Bonchev–Trinajstić information content (AvgIpc) is 3.34. The zero-order chi connectivity index (χ0) is 20.8. The Bertz CT molecular complexity index is 994. The molecule has 7 nitrogen and oxygen atoms in total. The van der Waals surface area contributed by atoms with Crippen LogP contribution in [0.3, 0.4) is 0 Å². The number of anilines is 2. The third kappa shape index (κ3) is 4.87.